The van der Waals surface area contributed by atoms with E-state index in [1.165, 1.54) is 21.9 Å². The van der Waals surface area contributed by atoms with Crippen molar-refractivity contribution < 1.29 is 0 Å². The Hall–Kier alpha value is -3.10. The first-order chi connectivity index (χ1) is 12.8. The van der Waals surface area contributed by atoms with E-state index in [0.29, 0.717) is 0 Å². The van der Waals surface area contributed by atoms with Gasteiger partial charge in [-0.3, -0.25) is 0 Å². The first kappa shape index (κ1) is 16.4. The summed E-state index contributed by atoms with van der Waals surface area (Å²) < 4.78 is 0. The molecular weight excluding hydrogens is 316 g/mol. The van der Waals surface area contributed by atoms with Crippen molar-refractivity contribution in [2.24, 2.45) is 5.73 Å². The fraction of sp³-hybridized carbons (Fsp3) is 0.0833. The van der Waals surface area contributed by atoms with Gasteiger partial charge in [-0.05, 0) is 46.1 Å². The van der Waals surface area contributed by atoms with Crippen LogP contribution < -0.4 is 11.1 Å². The first-order valence-corrected chi connectivity index (χ1v) is 8.87. The molecule has 0 bridgehead atoms. The number of allylic oxidation sites excluding steroid dienone is 2. The van der Waals surface area contributed by atoms with Crippen molar-refractivity contribution in [2.45, 2.75) is 6.04 Å². The zero-order valence-electron chi connectivity index (χ0n) is 14.8. The van der Waals surface area contributed by atoms with Crippen molar-refractivity contribution in [3.63, 3.8) is 0 Å². The molecule has 0 saturated heterocycles. The number of rotatable bonds is 3. The molecule has 3 aromatic carbocycles. The molecule has 0 heterocycles. The minimum atomic E-state index is 0.153. The van der Waals surface area contributed by atoms with E-state index in [9.17, 15) is 0 Å². The lowest BCUT2D eigenvalue weighted by Gasteiger charge is -2.19. The largest absolute Gasteiger partial charge is 0.398 e. The summed E-state index contributed by atoms with van der Waals surface area (Å²) >= 11 is 0. The summed E-state index contributed by atoms with van der Waals surface area (Å²) in [6.45, 7) is 0. The average molecular weight is 338 g/mol. The number of nitrogens with two attached hydrogens (primary N) is 1. The number of hydrogen-bond donors (Lipinski definition) is 2. The van der Waals surface area contributed by atoms with Crippen LogP contribution >= 0.6 is 0 Å². The van der Waals surface area contributed by atoms with Gasteiger partial charge in [0.05, 0.1) is 6.04 Å². The van der Waals surface area contributed by atoms with Gasteiger partial charge >= 0.3 is 0 Å². The molecule has 2 nitrogen and oxygen atoms in total. The van der Waals surface area contributed by atoms with Crippen molar-refractivity contribution in [1.29, 1.82) is 0 Å². The molecule has 4 rings (SSSR count). The van der Waals surface area contributed by atoms with E-state index in [-0.39, 0.29) is 6.04 Å². The van der Waals surface area contributed by atoms with Gasteiger partial charge in [-0.15, -0.1) is 0 Å². The maximum Gasteiger partial charge on any atom is 0.0527 e. The molecule has 0 radical (unpaired) electrons. The quantitative estimate of drug-likeness (QED) is 0.713. The van der Waals surface area contributed by atoms with E-state index in [0.717, 1.165) is 16.8 Å². The van der Waals surface area contributed by atoms with E-state index in [1.54, 1.807) is 0 Å². The summed E-state index contributed by atoms with van der Waals surface area (Å²) in [7, 11) is 1.95. The van der Waals surface area contributed by atoms with Crippen LogP contribution in [0.15, 0.2) is 96.6 Å². The summed E-state index contributed by atoms with van der Waals surface area (Å²) in [5.74, 6) is 0. The van der Waals surface area contributed by atoms with Crippen molar-refractivity contribution in [1.82, 2.24) is 5.32 Å². The number of hydrogen-bond acceptors (Lipinski definition) is 2. The van der Waals surface area contributed by atoms with E-state index < -0.39 is 0 Å². The highest BCUT2D eigenvalue weighted by molar-refractivity contribution is 5.87. The topological polar surface area (TPSA) is 38.0 Å². The predicted octanol–water partition coefficient (Wildman–Crippen LogP) is 4.89. The number of likely N-dealkylation sites (N-methyl/N-ethyl adjacent to an activating group) is 1. The number of nitrogens with one attached hydrogen (secondary N) is 1. The van der Waals surface area contributed by atoms with Crippen molar-refractivity contribution in [3.8, 4) is 11.1 Å². The van der Waals surface area contributed by atoms with Crippen LogP contribution in [0.5, 0.6) is 0 Å². The zero-order valence-corrected chi connectivity index (χ0v) is 14.8. The second-order valence-corrected chi connectivity index (χ2v) is 6.52. The molecule has 3 aromatic rings. The van der Waals surface area contributed by atoms with Gasteiger partial charge in [0.1, 0.15) is 0 Å². The molecule has 0 aromatic heterocycles. The molecule has 0 fully saturated rings. The zero-order chi connectivity index (χ0) is 17.9. The Labute approximate surface area is 154 Å². The lowest BCUT2D eigenvalue weighted by Crippen LogP contribution is -2.27. The molecule has 0 amide bonds. The van der Waals surface area contributed by atoms with Gasteiger partial charge in [-0.1, -0.05) is 85.0 Å². The molecule has 0 spiro atoms. The molecule has 26 heavy (non-hydrogen) atoms. The van der Waals surface area contributed by atoms with Crippen LogP contribution in [0.3, 0.4) is 0 Å². The lowest BCUT2D eigenvalue weighted by molar-refractivity contribution is 0.762. The van der Waals surface area contributed by atoms with Crippen molar-refractivity contribution in [3.05, 3.63) is 102 Å². The third-order valence-electron chi connectivity index (χ3n) is 4.93. The summed E-state index contributed by atoms with van der Waals surface area (Å²) in [5.41, 5.74) is 11.8. The predicted molar refractivity (Wildman–Crippen MR) is 112 cm³/mol. The number of benzene rings is 3. The maximum atomic E-state index is 6.45. The molecule has 1 aliphatic carbocycles. The average Bonchev–Trinajstić information content (AvgIpc) is 2.73. The number of fused-ring (bicyclic) bond motifs is 1. The smallest absolute Gasteiger partial charge is 0.0527 e. The standard InChI is InChI=1S/C24H22N2/c1-26-23-9-5-4-8-22(23)24(25)19-13-10-18(11-14-19)21-15-12-17-6-2-3-7-20(17)16-21/h2-16,23,26H,25H2,1H3/b24-22-. The Morgan fingerprint density at radius 1 is 0.846 bits per heavy atom. The van der Waals surface area contributed by atoms with Crippen LogP contribution in [0.25, 0.3) is 27.6 Å². The normalized spacial score (nSPS) is 18.3. The first-order valence-electron chi connectivity index (χ1n) is 8.87. The summed E-state index contributed by atoms with van der Waals surface area (Å²) in [6.07, 6.45) is 8.26. The van der Waals surface area contributed by atoms with Crippen LogP contribution in [-0.2, 0) is 0 Å². The van der Waals surface area contributed by atoms with E-state index >= 15 is 0 Å². The Morgan fingerprint density at radius 2 is 1.58 bits per heavy atom. The van der Waals surface area contributed by atoms with Gasteiger partial charge in [-0.2, -0.15) is 0 Å². The van der Waals surface area contributed by atoms with Crippen molar-refractivity contribution in [2.75, 3.05) is 7.05 Å². The Balaban J connectivity index is 1.68. The fourth-order valence-electron chi connectivity index (χ4n) is 3.43. The SMILES string of the molecule is CNC1C=CC=C/C1=C(/N)c1ccc(-c2ccc3ccccc3c2)cc1. The minimum absolute atomic E-state index is 0.153. The minimum Gasteiger partial charge on any atom is -0.398 e. The molecule has 3 N–H and O–H groups in total. The summed E-state index contributed by atoms with van der Waals surface area (Å²) in [6, 6.07) is 23.7. The Morgan fingerprint density at radius 3 is 2.35 bits per heavy atom. The summed E-state index contributed by atoms with van der Waals surface area (Å²) in [4.78, 5) is 0. The molecule has 0 aliphatic heterocycles. The van der Waals surface area contributed by atoms with Crippen LogP contribution in [0, 0.1) is 0 Å². The lowest BCUT2D eigenvalue weighted by atomic mass is 9.95. The van der Waals surface area contributed by atoms with Gasteiger partial charge in [-0.25, -0.2) is 0 Å². The molecule has 0 saturated carbocycles. The molecule has 1 atom stereocenters. The van der Waals surface area contributed by atoms with Gasteiger partial charge in [0, 0.05) is 5.70 Å². The van der Waals surface area contributed by atoms with Crippen molar-refractivity contribution >= 4 is 16.5 Å². The second kappa shape index (κ2) is 7.03. The highest BCUT2D eigenvalue weighted by atomic mass is 14.9. The highest BCUT2D eigenvalue weighted by Gasteiger charge is 2.13. The van der Waals surface area contributed by atoms with Crippen LogP contribution in [0.4, 0.5) is 0 Å². The van der Waals surface area contributed by atoms with Gasteiger partial charge in [0.2, 0.25) is 0 Å². The highest BCUT2D eigenvalue weighted by Crippen LogP contribution is 2.27. The van der Waals surface area contributed by atoms with E-state index in [1.807, 2.05) is 19.2 Å². The van der Waals surface area contributed by atoms with E-state index in [2.05, 4.69) is 84.2 Å². The van der Waals surface area contributed by atoms with Crippen LogP contribution in [0.2, 0.25) is 0 Å². The maximum absolute atomic E-state index is 6.45. The van der Waals surface area contributed by atoms with Gasteiger partial charge in [0.25, 0.3) is 0 Å². The van der Waals surface area contributed by atoms with Crippen LogP contribution in [0.1, 0.15) is 5.56 Å². The second-order valence-electron chi connectivity index (χ2n) is 6.52. The third-order valence-corrected chi connectivity index (χ3v) is 4.93. The fourth-order valence-corrected chi connectivity index (χ4v) is 3.43. The molecule has 128 valence electrons. The Kier molecular flexibility index (Phi) is 4.42. The van der Waals surface area contributed by atoms with Gasteiger partial charge in [0.15, 0.2) is 0 Å². The molecular formula is C24H22N2. The van der Waals surface area contributed by atoms with Crippen LogP contribution in [-0.4, -0.2) is 13.1 Å². The van der Waals surface area contributed by atoms with E-state index in [4.69, 9.17) is 5.73 Å². The Bertz CT molecular complexity index is 1020. The monoisotopic (exact) mass is 338 g/mol. The third kappa shape index (κ3) is 3.07. The molecule has 1 unspecified atom stereocenters. The molecule has 2 heteroatoms. The summed E-state index contributed by atoms with van der Waals surface area (Å²) in [5, 5.41) is 5.80. The van der Waals surface area contributed by atoms with Gasteiger partial charge < -0.3 is 11.1 Å². The molecule has 1 aliphatic rings.